The van der Waals surface area contributed by atoms with Crippen LogP contribution in [0.2, 0.25) is 0 Å². The van der Waals surface area contributed by atoms with Gasteiger partial charge in [0.25, 0.3) is 0 Å². The lowest BCUT2D eigenvalue weighted by Gasteiger charge is -2.10. The first-order chi connectivity index (χ1) is 8.95. The minimum Gasteiger partial charge on any atom is -0.309 e. The Morgan fingerprint density at radius 1 is 1.32 bits per heavy atom. The molecule has 0 saturated carbocycles. The van der Waals surface area contributed by atoms with Gasteiger partial charge in [0.15, 0.2) is 5.65 Å². The number of likely N-dealkylation sites (N-methyl/N-ethyl adjacent to an activating group) is 1. The number of nitrogens with one attached hydrogen (secondary N) is 2. The summed E-state index contributed by atoms with van der Waals surface area (Å²) in [6.45, 7) is 1.76. The van der Waals surface area contributed by atoms with Crippen LogP contribution in [0.15, 0.2) is 16.9 Å². The van der Waals surface area contributed by atoms with Gasteiger partial charge < -0.3 is 10.6 Å². The van der Waals surface area contributed by atoms with Crippen molar-refractivity contribution in [2.75, 3.05) is 12.4 Å². The van der Waals surface area contributed by atoms with E-state index in [1.54, 1.807) is 40.2 Å². The SMILES string of the molecule is CN[C@@H](C)C(=O)Nc1ccc2c(n1)n(C)c(=O)n2C. The lowest BCUT2D eigenvalue weighted by Crippen LogP contribution is -2.35. The molecule has 2 N–H and O–H groups in total. The summed E-state index contributed by atoms with van der Waals surface area (Å²) in [6, 6.07) is 3.14. The number of nitrogens with zero attached hydrogens (tertiary/aromatic N) is 3. The number of fused-ring (bicyclic) bond motifs is 1. The van der Waals surface area contributed by atoms with Gasteiger partial charge in [-0.3, -0.25) is 13.9 Å². The van der Waals surface area contributed by atoms with Gasteiger partial charge >= 0.3 is 5.69 Å². The van der Waals surface area contributed by atoms with Crippen molar-refractivity contribution in [1.82, 2.24) is 19.4 Å². The molecule has 0 spiro atoms. The molecule has 0 fully saturated rings. The molecule has 0 radical (unpaired) electrons. The smallest absolute Gasteiger partial charge is 0.309 e. The topological polar surface area (TPSA) is 81.0 Å². The largest absolute Gasteiger partial charge is 0.329 e. The van der Waals surface area contributed by atoms with Crippen molar-refractivity contribution >= 4 is 22.9 Å². The van der Waals surface area contributed by atoms with E-state index in [2.05, 4.69) is 15.6 Å². The maximum Gasteiger partial charge on any atom is 0.329 e. The zero-order valence-electron chi connectivity index (χ0n) is 11.4. The molecule has 1 atom stereocenters. The molecule has 0 aliphatic rings. The fourth-order valence-electron chi connectivity index (χ4n) is 1.80. The van der Waals surface area contributed by atoms with E-state index in [0.717, 1.165) is 5.52 Å². The van der Waals surface area contributed by atoms with Gasteiger partial charge in [0, 0.05) is 14.1 Å². The number of rotatable bonds is 3. The highest BCUT2D eigenvalue weighted by Gasteiger charge is 2.13. The van der Waals surface area contributed by atoms with Gasteiger partial charge in [-0.1, -0.05) is 0 Å². The molecule has 0 bridgehead atoms. The lowest BCUT2D eigenvalue weighted by atomic mass is 10.3. The van der Waals surface area contributed by atoms with Crippen molar-refractivity contribution in [2.24, 2.45) is 14.1 Å². The predicted molar refractivity (Wildman–Crippen MR) is 73.1 cm³/mol. The molecule has 0 aliphatic heterocycles. The molecule has 102 valence electrons. The van der Waals surface area contributed by atoms with E-state index in [1.165, 1.54) is 9.13 Å². The average Bonchev–Trinajstić information content (AvgIpc) is 2.63. The van der Waals surface area contributed by atoms with Gasteiger partial charge in [0.05, 0.1) is 11.6 Å². The number of imidazole rings is 1. The van der Waals surface area contributed by atoms with Gasteiger partial charge in [-0.15, -0.1) is 0 Å². The van der Waals surface area contributed by atoms with Gasteiger partial charge in [-0.2, -0.15) is 0 Å². The van der Waals surface area contributed by atoms with Crippen molar-refractivity contribution < 1.29 is 4.79 Å². The number of amides is 1. The second kappa shape index (κ2) is 4.85. The third-order valence-corrected chi connectivity index (χ3v) is 3.19. The van der Waals surface area contributed by atoms with Crippen LogP contribution in [-0.2, 0) is 18.9 Å². The number of hydrogen-bond acceptors (Lipinski definition) is 4. The number of anilines is 1. The molecule has 19 heavy (non-hydrogen) atoms. The highest BCUT2D eigenvalue weighted by atomic mass is 16.2. The van der Waals surface area contributed by atoms with Crippen molar-refractivity contribution in [3.05, 3.63) is 22.6 Å². The standard InChI is InChI=1S/C12H17N5O2/c1-7(13-2)11(18)15-9-6-5-8-10(14-9)17(4)12(19)16(8)3/h5-7,13H,1-4H3,(H,14,15,18)/t7-/m0/s1. The Kier molecular flexibility index (Phi) is 3.39. The minimum absolute atomic E-state index is 0.144. The molecular formula is C12H17N5O2. The molecule has 2 aromatic rings. The molecule has 2 aromatic heterocycles. The summed E-state index contributed by atoms with van der Waals surface area (Å²) in [6.07, 6.45) is 0. The second-order valence-electron chi connectivity index (χ2n) is 4.44. The van der Waals surface area contributed by atoms with Crippen LogP contribution in [-0.4, -0.2) is 33.1 Å². The number of aromatic nitrogens is 3. The molecule has 7 heteroatoms. The van der Waals surface area contributed by atoms with Crippen LogP contribution in [0.4, 0.5) is 5.82 Å². The summed E-state index contributed by atoms with van der Waals surface area (Å²) >= 11 is 0. The summed E-state index contributed by atoms with van der Waals surface area (Å²) in [5.74, 6) is 0.260. The van der Waals surface area contributed by atoms with E-state index >= 15 is 0 Å². The summed E-state index contributed by atoms with van der Waals surface area (Å²) in [5.41, 5.74) is 1.13. The quantitative estimate of drug-likeness (QED) is 0.805. The van der Waals surface area contributed by atoms with E-state index in [9.17, 15) is 9.59 Å². The van der Waals surface area contributed by atoms with Crippen molar-refractivity contribution in [1.29, 1.82) is 0 Å². The zero-order chi connectivity index (χ0) is 14.2. The fraction of sp³-hybridized carbons (Fsp3) is 0.417. The fourth-order valence-corrected chi connectivity index (χ4v) is 1.80. The van der Waals surface area contributed by atoms with E-state index in [-0.39, 0.29) is 17.6 Å². The van der Waals surface area contributed by atoms with Crippen LogP contribution in [0.3, 0.4) is 0 Å². The first kappa shape index (κ1) is 13.3. The summed E-state index contributed by atoms with van der Waals surface area (Å²) < 4.78 is 2.97. The van der Waals surface area contributed by atoms with E-state index in [0.29, 0.717) is 11.5 Å². The van der Waals surface area contributed by atoms with Crippen LogP contribution >= 0.6 is 0 Å². The highest BCUT2D eigenvalue weighted by molar-refractivity contribution is 5.94. The van der Waals surface area contributed by atoms with Crippen molar-refractivity contribution in [3.8, 4) is 0 Å². The van der Waals surface area contributed by atoms with Crippen molar-refractivity contribution in [2.45, 2.75) is 13.0 Å². The number of aryl methyl sites for hydroxylation is 2. The maximum atomic E-state index is 11.8. The van der Waals surface area contributed by atoms with E-state index in [4.69, 9.17) is 0 Å². The molecule has 0 aromatic carbocycles. The molecule has 0 aliphatic carbocycles. The third kappa shape index (κ3) is 2.24. The van der Waals surface area contributed by atoms with Gasteiger partial charge in [0.2, 0.25) is 5.91 Å². The monoisotopic (exact) mass is 263 g/mol. The zero-order valence-corrected chi connectivity index (χ0v) is 11.4. The van der Waals surface area contributed by atoms with Crippen LogP contribution in [0, 0.1) is 0 Å². The van der Waals surface area contributed by atoms with E-state index < -0.39 is 0 Å². The van der Waals surface area contributed by atoms with Crippen LogP contribution in [0.5, 0.6) is 0 Å². The molecule has 2 heterocycles. The summed E-state index contributed by atoms with van der Waals surface area (Å²) in [4.78, 5) is 27.8. The second-order valence-corrected chi connectivity index (χ2v) is 4.44. The molecule has 1 amide bonds. The normalized spacial score (nSPS) is 12.6. The first-order valence-corrected chi connectivity index (χ1v) is 5.96. The average molecular weight is 263 g/mol. The predicted octanol–water partition coefficient (Wildman–Crippen LogP) is -0.182. The van der Waals surface area contributed by atoms with Crippen LogP contribution < -0.4 is 16.3 Å². The Labute approximate surface area is 110 Å². The van der Waals surface area contributed by atoms with Gasteiger partial charge in [-0.25, -0.2) is 9.78 Å². The Morgan fingerprint density at radius 2 is 2.00 bits per heavy atom. The lowest BCUT2D eigenvalue weighted by molar-refractivity contribution is -0.117. The maximum absolute atomic E-state index is 11.8. The molecular weight excluding hydrogens is 246 g/mol. The number of hydrogen-bond donors (Lipinski definition) is 2. The van der Waals surface area contributed by atoms with E-state index in [1.807, 2.05) is 0 Å². The molecule has 0 saturated heterocycles. The first-order valence-electron chi connectivity index (χ1n) is 5.96. The number of pyridine rings is 1. The van der Waals surface area contributed by atoms with Crippen LogP contribution in [0.1, 0.15) is 6.92 Å². The number of carbonyl (C=O) groups excluding carboxylic acids is 1. The Morgan fingerprint density at radius 3 is 2.63 bits per heavy atom. The summed E-state index contributed by atoms with van der Waals surface area (Å²) in [5, 5.41) is 5.55. The third-order valence-electron chi connectivity index (χ3n) is 3.19. The number of carbonyl (C=O) groups is 1. The molecule has 7 nitrogen and oxygen atoms in total. The Bertz CT molecular complexity index is 685. The Hall–Kier alpha value is -2.15. The minimum atomic E-state index is -0.308. The van der Waals surface area contributed by atoms with Crippen LogP contribution in [0.25, 0.3) is 11.2 Å². The molecule has 0 unspecified atom stereocenters. The molecule has 2 rings (SSSR count). The van der Waals surface area contributed by atoms with Gasteiger partial charge in [0.1, 0.15) is 5.82 Å². The summed E-state index contributed by atoms with van der Waals surface area (Å²) in [7, 11) is 5.05. The van der Waals surface area contributed by atoms with Gasteiger partial charge in [-0.05, 0) is 26.1 Å². The van der Waals surface area contributed by atoms with Crippen molar-refractivity contribution in [3.63, 3.8) is 0 Å². The Balaban J connectivity index is 2.40. The highest BCUT2D eigenvalue weighted by Crippen LogP contribution is 2.13.